The van der Waals surface area contributed by atoms with Gasteiger partial charge in [-0.25, -0.2) is 4.98 Å². The largest absolute Gasteiger partial charge is 0.307 e. The summed E-state index contributed by atoms with van der Waals surface area (Å²) in [7, 11) is 0. The molecule has 0 saturated carbocycles. The lowest BCUT2D eigenvalue weighted by molar-refractivity contribution is 0.834. The van der Waals surface area contributed by atoms with Gasteiger partial charge >= 0.3 is 0 Å². The number of pyridine rings is 1. The molecule has 2 aromatic rings. The Morgan fingerprint density at radius 3 is 2.92 bits per heavy atom. The van der Waals surface area contributed by atoms with Crippen molar-refractivity contribution < 1.29 is 0 Å². The first kappa shape index (κ1) is 8.75. The quantitative estimate of drug-likeness (QED) is 0.746. The Kier molecular flexibility index (Phi) is 2.12. The Balaban J connectivity index is 2.62. The number of imidazole rings is 1. The van der Waals surface area contributed by atoms with E-state index < -0.39 is 0 Å². The second kappa shape index (κ2) is 3.14. The van der Waals surface area contributed by atoms with Crippen LogP contribution in [0.2, 0.25) is 0 Å². The van der Waals surface area contributed by atoms with E-state index in [1.165, 1.54) is 0 Å². The second-order valence-corrected chi connectivity index (χ2v) is 4.35. The van der Waals surface area contributed by atoms with Gasteiger partial charge in [-0.05, 0) is 18.1 Å². The van der Waals surface area contributed by atoms with Gasteiger partial charge in [-0.3, -0.25) is 0 Å². The Bertz CT molecular complexity index is 431. The first-order valence-electron chi connectivity index (χ1n) is 4.31. The number of aromatic nitrogens is 2. The molecule has 13 heavy (non-hydrogen) atoms. The van der Waals surface area contributed by atoms with E-state index in [1.807, 2.05) is 22.7 Å². The van der Waals surface area contributed by atoms with E-state index in [1.54, 1.807) is 0 Å². The van der Waals surface area contributed by atoms with Crippen molar-refractivity contribution in [3.63, 3.8) is 0 Å². The molecule has 2 aromatic heterocycles. The molecule has 0 N–H and O–H groups in total. The van der Waals surface area contributed by atoms with Crippen LogP contribution < -0.4 is 0 Å². The fraction of sp³-hybridized carbons (Fsp3) is 0.300. The van der Waals surface area contributed by atoms with Gasteiger partial charge in [0.05, 0.1) is 5.69 Å². The van der Waals surface area contributed by atoms with Gasteiger partial charge in [-0.1, -0.05) is 29.8 Å². The van der Waals surface area contributed by atoms with Crippen molar-refractivity contribution in [2.24, 2.45) is 0 Å². The average Bonchev–Trinajstić information content (AvgIpc) is 2.46. The average molecular weight is 239 g/mol. The van der Waals surface area contributed by atoms with Crippen molar-refractivity contribution in [2.75, 3.05) is 0 Å². The monoisotopic (exact) mass is 238 g/mol. The van der Waals surface area contributed by atoms with Crippen LogP contribution in [0.25, 0.3) is 5.65 Å². The SMILES string of the molecule is CC(C)c1cn2ccc(Br)cc2n1. The molecule has 0 unspecified atom stereocenters. The van der Waals surface area contributed by atoms with Gasteiger partial charge in [0.1, 0.15) is 5.65 Å². The molecule has 2 rings (SSSR count). The molecule has 0 spiro atoms. The van der Waals surface area contributed by atoms with Gasteiger partial charge in [0.15, 0.2) is 0 Å². The van der Waals surface area contributed by atoms with Crippen LogP contribution in [0.3, 0.4) is 0 Å². The molecule has 2 nitrogen and oxygen atoms in total. The van der Waals surface area contributed by atoms with Crippen LogP contribution in [0.5, 0.6) is 0 Å². The zero-order valence-electron chi connectivity index (χ0n) is 7.66. The third kappa shape index (κ3) is 1.61. The van der Waals surface area contributed by atoms with Crippen molar-refractivity contribution in [2.45, 2.75) is 19.8 Å². The van der Waals surface area contributed by atoms with Gasteiger partial charge in [0.2, 0.25) is 0 Å². The van der Waals surface area contributed by atoms with E-state index in [0.717, 1.165) is 15.8 Å². The van der Waals surface area contributed by atoms with Gasteiger partial charge in [-0.15, -0.1) is 0 Å². The topological polar surface area (TPSA) is 17.3 Å². The summed E-state index contributed by atoms with van der Waals surface area (Å²) < 4.78 is 3.11. The molecule has 0 radical (unpaired) electrons. The summed E-state index contributed by atoms with van der Waals surface area (Å²) in [6.07, 6.45) is 4.09. The fourth-order valence-corrected chi connectivity index (χ4v) is 1.58. The van der Waals surface area contributed by atoms with E-state index in [0.29, 0.717) is 5.92 Å². The number of rotatable bonds is 1. The van der Waals surface area contributed by atoms with Gasteiger partial charge in [0.25, 0.3) is 0 Å². The molecule has 0 atom stereocenters. The highest BCUT2D eigenvalue weighted by Gasteiger charge is 2.04. The minimum Gasteiger partial charge on any atom is -0.307 e. The summed E-state index contributed by atoms with van der Waals surface area (Å²) in [5.74, 6) is 0.485. The summed E-state index contributed by atoms with van der Waals surface area (Å²) in [5.41, 5.74) is 2.14. The first-order chi connectivity index (χ1) is 6.16. The van der Waals surface area contributed by atoms with Crippen LogP contribution in [0.4, 0.5) is 0 Å². The third-order valence-corrected chi connectivity index (χ3v) is 2.53. The van der Waals surface area contributed by atoms with Crippen LogP contribution in [0.15, 0.2) is 29.0 Å². The zero-order valence-corrected chi connectivity index (χ0v) is 9.25. The molecular weight excluding hydrogens is 228 g/mol. The minimum absolute atomic E-state index is 0.485. The van der Waals surface area contributed by atoms with Crippen LogP contribution >= 0.6 is 15.9 Å². The highest BCUT2D eigenvalue weighted by molar-refractivity contribution is 9.10. The fourth-order valence-electron chi connectivity index (χ4n) is 1.25. The number of halogens is 1. The molecule has 0 amide bonds. The van der Waals surface area contributed by atoms with E-state index in [-0.39, 0.29) is 0 Å². The maximum absolute atomic E-state index is 4.51. The predicted molar refractivity (Wildman–Crippen MR) is 57.0 cm³/mol. The highest BCUT2D eigenvalue weighted by Crippen LogP contribution is 2.17. The molecule has 2 heterocycles. The number of fused-ring (bicyclic) bond motifs is 1. The zero-order chi connectivity index (χ0) is 9.42. The van der Waals surface area contributed by atoms with Crippen LogP contribution in [-0.2, 0) is 0 Å². The Morgan fingerprint density at radius 2 is 2.23 bits per heavy atom. The summed E-state index contributed by atoms with van der Waals surface area (Å²) in [5, 5.41) is 0. The van der Waals surface area contributed by atoms with Crippen LogP contribution in [-0.4, -0.2) is 9.38 Å². The van der Waals surface area contributed by atoms with Crippen molar-refractivity contribution in [3.05, 3.63) is 34.7 Å². The first-order valence-corrected chi connectivity index (χ1v) is 5.10. The molecule has 0 aliphatic heterocycles. The van der Waals surface area contributed by atoms with Gasteiger partial charge < -0.3 is 4.40 Å². The lowest BCUT2D eigenvalue weighted by Crippen LogP contribution is -1.84. The van der Waals surface area contributed by atoms with Gasteiger partial charge in [-0.2, -0.15) is 0 Å². The molecule has 68 valence electrons. The molecule has 0 fully saturated rings. The lowest BCUT2D eigenvalue weighted by Gasteiger charge is -1.94. The van der Waals surface area contributed by atoms with Crippen LogP contribution in [0, 0.1) is 0 Å². The highest BCUT2D eigenvalue weighted by atomic mass is 79.9. The molecule has 0 aromatic carbocycles. The maximum atomic E-state index is 4.51. The molecule has 0 aliphatic rings. The van der Waals surface area contributed by atoms with Crippen molar-refractivity contribution in [1.82, 2.24) is 9.38 Å². The van der Waals surface area contributed by atoms with Crippen molar-refractivity contribution in [1.29, 1.82) is 0 Å². The van der Waals surface area contributed by atoms with Gasteiger partial charge in [0, 0.05) is 16.9 Å². The summed E-state index contributed by atoms with van der Waals surface area (Å²) in [6, 6.07) is 4.03. The Hall–Kier alpha value is -0.830. The van der Waals surface area contributed by atoms with Crippen LogP contribution in [0.1, 0.15) is 25.5 Å². The Labute approximate surface area is 85.7 Å². The molecule has 0 aliphatic carbocycles. The van der Waals surface area contributed by atoms with Crippen molar-refractivity contribution in [3.8, 4) is 0 Å². The van der Waals surface area contributed by atoms with E-state index in [4.69, 9.17) is 0 Å². The minimum atomic E-state index is 0.485. The molecule has 0 bridgehead atoms. The molecule has 0 saturated heterocycles. The van der Waals surface area contributed by atoms with Crippen molar-refractivity contribution >= 4 is 21.6 Å². The standard InChI is InChI=1S/C10H11BrN2/c1-7(2)9-6-13-4-3-8(11)5-10(13)12-9/h3-7H,1-2H3. The van der Waals surface area contributed by atoms with E-state index in [9.17, 15) is 0 Å². The molecular formula is C10H11BrN2. The van der Waals surface area contributed by atoms with E-state index in [2.05, 4.69) is 41.0 Å². The smallest absolute Gasteiger partial charge is 0.138 e. The predicted octanol–water partition coefficient (Wildman–Crippen LogP) is 3.22. The third-order valence-electron chi connectivity index (χ3n) is 2.03. The lowest BCUT2D eigenvalue weighted by atomic mass is 10.2. The number of hydrogen-bond acceptors (Lipinski definition) is 1. The number of hydrogen-bond donors (Lipinski definition) is 0. The normalized spacial score (nSPS) is 11.4. The summed E-state index contributed by atoms with van der Waals surface area (Å²) >= 11 is 3.43. The summed E-state index contributed by atoms with van der Waals surface area (Å²) in [4.78, 5) is 4.51. The Morgan fingerprint density at radius 1 is 1.46 bits per heavy atom. The number of nitrogens with zero attached hydrogens (tertiary/aromatic N) is 2. The maximum Gasteiger partial charge on any atom is 0.138 e. The molecule has 3 heteroatoms. The second-order valence-electron chi connectivity index (χ2n) is 3.43. The van der Waals surface area contributed by atoms with E-state index >= 15 is 0 Å². The summed E-state index contributed by atoms with van der Waals surface area (Å²) in [6.45, 7) is 4.30.